The van der Waals surface area contributed by atoms with Gasteiger partial charge in [0.05, 0.1) is 19.1 Å². The molecule has 31 heavy (non-hydrogen) atoms. The van der Waals surface area contributed by atoms with E-state index in [1.165, 1.54) is 0 Å². The van der Waals surface area contributed by atoms with E-state index in [4.69, 9.17) is 13.9 Å². The van der Waals surface area contributed by atoms with Gasteiger partial charge >= 0.3 is 11.9 Å². The van der Waals surface area contributed by atoms with Crippen molar-refractivity contribution in [3.05, 3.63) is 58.0 Å². The van der Waals surface area contributed by atoms with Crippen molar-refractivity contribution in [2.45, 2.75) is 32.2 Å². The first-order chi connectivity index (χ1) is 14.9. The highest BCUT2D eigenvalue weighted by atomic mass is 79.9. The van der Waals surface area contributed by atoms with Gasteiger partial charge in [0.2, 0.25) is 11.3 Å². The second-order valence-corrected chi connectivity index (χ2v) is 8.56. The van der Waals surface area contributed by atoms with Crippen LogP contribution in [0.15, 0.2) is 45.5 Å². The van der Waals surface area contributed by atoms with E-state index < -0.39 is 23.3 Å². The van der Waals surface area contributed by atoms with Gasteiger partial charge in [0.25, 0.3) is 0 Å². The molecule has 2 heterocycles. The summed E-state index contributed by atoms with van der Waals surface area (Å²) in [5.41, 5.74) is -0.554. The highest BCUT2D eigenvalue weighted by Gasteiger charge is 2.67. The number of ether oxygens (including phenoxy) is 2. The Morgan fingerprint density at radius 1 is 1.16 bits per heavy atom. The van der Waals surface area contributed by atoms with Gasteiger partial charge in [0.1, 0.15) is 5.76 Å². The molecule has 2 aromatic rings. The third-order valence-corrected chi connectivity index (χ3v) is 6.42. The van der Waals surface area contributed by atoms with Crippen molar-refractivity contribution in [3.8, 4) is 0 Å². The van der Waals surface area contributed by atoms with Crippen molar-refractivity contribution < 1.29 is 28.3 Å². The highest BCUT2D eigenvalue weighted by Crippen LogP contribution is 2.51. The Bertz CT molecular complexity index is 983. The predicted molar refractivity (Wildman–Crippen MR) is 114 cm³/mol. The molecule has 8 heteroatoms. The first-order valence-corrected chi connectivity index (χ1v) is 11.2. The number of likely N-dealkylation sites (tertiary alicyclic amines) is 1. The number of carbonyl (C=O) groups excluding carboxylic acids is 3. The molecule has 1 aliphatic carbocycles. The standard InChI is InChI=1S/C23H24BrNO6/c1-3-29-21(27)23(22(28)30-4-2)16-11-18(24)31-17(16)10-15-13-25(20(26)19(15)23)12-14-8-6-5-7-9-14/h5-9,11,15,19H,3-4,10,12-13H2,1-2H3/t15-,19-/m1/s1. The lowest BCUT2D eigenvalue weighted by atomic mass is 9.61. The lowest BCUT2D eigenvalue weighted by Gasteiger charge is -2.38. The zero-order valence-electron chi connectivity index (χ0n) is 17.4. The number of amides is 1. The van der Waals surface area contributed by atoms with Gasteiger partial charge in [-0.2, -0.15) is 0 Å². The van der Waals surface area contributed by atoms with Crippen molar-refractivity contribution in [1.29, 1.82) is 0 Å². The molecule has 1 fully saturated rings. The molecule has 1 aliphatic heterocycles. The average Bonchev–Trinajstić information content (AvgIpc) is 3.26. The number of hydrogen-bond acceptors (Lipinski definition) is 6. The van der Waals surface area contributed by atoms with Gasteiger partial charge in [-0.1, -0.05) is 30.3 Å². The summed E-state index contributed by atoms with van der Waals surface area (Å²) in [6.45, 7) is 4.31. The van der Waals surface area contributed by atoms with Gasteiger partial charge in [-0.05, 0) is 47.3 Å². The number of fused-ring (bicyclic) bond motifs is 2. The van der Waals surface area contributed by atoms with E-state index in [2.05, 4.69) is 15.9 Å². The number of benzene rings is 1. The van der Waals surface area contributed by atoms with Crippen molar-refractivity contribution in [3.63, 3.8) is 0 Å². The highest BCUT2D eigenvalue weighted by molar-refractivity contribution is 9.10. The normalized spacial score (nSPS) is 21.4. The summed E-state index contributed by atoms with van der Waals surface area (Å²) in [5.74, 6) is -2.48. The van der Waals surface area contributed by atoms with Gasteiger partial charge in [-0.15, -0.1) is 0 Å². The van der Waals surface area contributed by atoms with E-state index in [1.54, 1.807) is 24.8 Å². The van der Waals surface area contributed by atoms with E-state index in [-0.39, 0.29) is 25.0 Å². The SMILES string of the molecule is CCOC(=O)C1(C(=O)OCC)c2cc(Br)oc2C[C@@H]2CN(Cc3ccccc3)C(=O)[C@@H]21. The number of carbonyl (C=O) groups is 3. The lowest BCUT2D eigenvalue weighted by molar-refractivity contribution is -0.172. The maximum Gasteiger partial charge on any atom is 0.329 e. The van der Waals surface area contributed by atoms with Crippen molar-refractivity contribution in [2.24, 2.45) is 11.8 Å². The Morgan fingerprint density at radius 3 is 2.42 bits per heavy atom. The van der Waals surface area contributed by atoms with E-state index in [9.17, 15) is 14.4 Å². The Balaban J connectivity index is 1.82. The molecule has 0 radical (unpaired) electrons. The number of rotatable bonds is 6. The second kappa shape index (κ2) is 8.49. The Labute approximate surface area is 188 Å². The third kappa shape index (κ3) is 3.46. The molecule has 1 aromatic heterocycles. The summed E-state index contributed by atoms with van der Waals surface area (Å²) < 4.78 is 16.9. The van der Waals surface area contributed by atoms with Crippen LogP contribution < -0.4 is 0 Å². The van der Waals surface area contributed by atoms with Crippen molar-refractivity contribution in [2.75, 3.05) is 19.8 Å². The topological polar surface area (TPSA) is 86.1 Å². The van der Waals surface area contributed by atoms with Crippen LogP contribution in [0.25, 0.3) is 0 Å². The smallest absolute Gasteiger partial charge is 0.329 e. The summed E-state index contributed by atoms with van der Waals surface area (Å²) >= 11 is 3.31. The van der Waals surface area contributed by atoms with Crippen LogP contribution in [0, 0.1) is 11.8 Å². The molecule has 1 amide bonds. The molecule has 2 atom stereocenters. The minimum Gasteiger partial charge on any atom is -0.465 e. The summed E-state index contributed by atoms with van der Waals surface area (Å²) in [5, 5.41) is 0. The number of furan rings is 1. The molecule has 1 aromatic carbocycles. The summed E-state index contributed by atoms with van der Waals surface area (Å²) in [4.78, 5) is 42.2. The largest absolute Gasteiger partial charge is 0.465 e. The van der Waals surface area contributed by atoms with Crippen LogP contribution in [0.1, 0.15) is 30.7 Å². The van der Waals surface area contributed by atoms with Crippen LogP contribution in [0.2, 0.25) is 0 Å². The first-order valence-electron chi connectivity index (χ1n) is 10.4. The molecule has 7 nitrogen and oxygen atoms in total. The lowest BCUT2D eigenvalue weighted by Crippen LogP contribution is -2.57. The maximum absolute atomic E-state index is 13.7. The Kier molecular flexibility index (Phi) is 5.92. The van der Waals surface area contributed by atoms with Crippen LogP contribution in [0.4, 0.5) is 0 Å². The first kappa shape index (κ1) is 21.6. The van der Waals surface area contributed by atoms with E-state index >= 15 is 0 Å². The molecule has 0 saturated carbocycles. The summed E-state index contributed by atoms with van der Waals surface area (Å²) in [6, 6.07) is 11.2. The predicted octanol–water partition coefficient (Wildman–Crippen LogP) is 3.24. The average molecular weight is 490 g/mol. The fourth-order valence-electron chi connectivity index (χ4n) is 4.88. The molecule has 0 unspecified atom stereocenters. The van der Waals surface area contributed by atoms with E-state index in [0.29, 0.717) is 35.5 Å². The van der Waals surface area contributed by atoms with Gasteiger partial charge in [-0.25, -0.2) is 0 Å². The molecular formula is C23H24BrNO6. The molecule has 164 valence electrons. The number of nitrogens with zero attached hydrogens (tertiary/aromatic N) is 1. The summed E-state index contributed by atoms with van der Waals surface area (Å²) in [7, 11) is 0. The zero-order valence-corrected chi connectivity index (χ0v) is 19.0. The molecule has 1 saturated heterocycles. The van der Waals surface area contributed by atoms with E-state index in [1.807, 2.05) is 30.3 Å². The van der Waals surface area contributed by atoms with Gasteiger partial charge in [0, 0.05) is 25.1 Å². The molecule has 0 bridgehead atoms. The van der Waals surface area contributed by atoms with Crippen molar-refractivity contribution >= 4 is 33.8 Å². The van der Waals surface area contributed by atoms with Crippen LogP contribution in [-0.2, 0) is 42.2 Å². The molecule has 2 aliphatic rings. The van der Waals surface area contributed by atoms with Crippen LogP contribution in [0.3, 0.4) is 0 Å². The minimum atomic E-state index is -1.89. The molecule has 0 N–H and O–H groups in total. The minimum absolute atomic E-state index is 0.0770. The number of esters is 2. The summed E-state index contributed by atoms with van der Waals surface area (Å²) in [6.07, 6.45) is 0.448. The number of halogens is 1. The van der Waals surface area contributed by atoms with Gasteiger partial charge < -0.3 is 18.8 Å². The zero-order chi connectivity index (χ0) is 22.2. The maximum atomic E-state index is 13.7. The van der Waals surface area contributed by atoms with Gasteiger partial charge in [-0.3, -0.25) is 14.4 Å². The number of hydrogen-bond donors (Lipinski definition) is 0. The van der Waals surface area contributed by atoms with Crippen LogP contribution >= 0.6 is 15.9 Å². The van der Waals surface area contributed by atoms with Crippen molar-refractivity contribution in [1.82, 2.24) is 4.90 Å². The van der Waals surface area contributed by atoms with Crippen LogP contribution in [-0.4, -0.2) is 42.5 Å². The molecule has 4 rings (SSSR count). The quantitative estimate of drug-likeness (QED) is 0.457. The van der Waals surface area contributed by atoms with Gasteiger partial charge in [0.15, 0.2) is 4.67 Å². The molecule has 0 spiro atoms. The van der Waals surface area contributed by atoms with Crippen LogP contribution in [0.5, 0.6) is 0 Å². The van der Waals surface area contributed by atoms with E-state index in [0.717, 1.165) is 5.56 Å². The fourth-order valence-corrected chi connectivity index (χ4v) is 5.30. The molecular weight excluding hydrogens is 466 g/mol. The third-order valence-electron chi connectivity index (χ3n) is 6.03. The Hall–Kier alpha value is -2.61. The second-order valence-electron chi connectivity index (χ2n) is 7.78. The fraction of sp³-hybridized carbons (Fsp3) is 0.435. The monoisotopic (exact) mass is 489 g/mol. The Morgan fingerprint density at radius 2 is 1.81 bits per heavy atom.